The van der Waals surface area contributed by atoms with Gasteiger partial charge >= 0.3 is 0 Å². The Morgan fingerprint density at radius 2 is 1.79 bits per heavy atom. The van der Waals surface area contributed by atoms with E-state index in [-0.39, 0.29) is 6.42 Å². The molecule has 1 atom stereocenters. The lowest BCUT2D eigenvalue weighted by Crippen LogP contribution is -2.47. The first-order valence-corrected chi connectivity index (χ1v) is 11.0. The van der Waals surface area contributed by atoms with Crippen molar-refractivity contribution in [3.63, 3.8) is 0 Å². The minimum Gasteiger partial charge on any atom is -0.486 e. The fourth-order valence-corrected chi connectivity index (χ4v) is 4.33. The maximum Gasteiger partial charge on any atom is 0.248 e. The molecule has 0 saturated heterocycles. The molecular formula is C19H21ClN2O5S. The molecule has 0 radical (unpaired) electrons. The molecule has 1 amide bonds. The van der Waals surface area contributed by atoms with Crippen molar-refractivity contribution in [2.24, 2.45) is 0 Å². The average Bonchev–Trinajstić information content (AvgIpc) is 2.66. The van der Waals surface area contributed by atoms with Crippen molar-refractivity contribution in [2.75, 3.05) is 29.1 Å². The molecular weight excluding hydrogens is 404 g/mol. The van der Waals surface area contributed by atoms with Crippen molar-refractivity contribution >= 4 is 38.9 Å². The van der Waals surface area contributed by atoms with Crippen LogP contribution < -0.4 is 19.1 Å². The molecule has 7 nitrogen and oxygen atoms in total. The SMILES string of the molecule is CC[C@@H](C(=O)Nc1ccc2c(c1)OCCO2)N(c1ccc(Cl)cc1)S(C)(=O)=O. The van der Waals surface area contributed by atoms with Gasteiger partial charge in [0.1, 0.15) is 19.3 Å². The Labute approximate surface area is 169 Å². The highest BCUT2D eigenvalue weighted by atomic mass is 35.5. The van der Waals surface area contributed by atoms with Gasteiger partial charge in [0, 0.05) is 16.8 Å². The van der Waals surface area contributed by atoms with Crippen LogP contribution in [0.4, 0.5) is 11.4 Å². The molecule has 1 heterocycles. The van der Waals surface area contributed by atoms with Gasteiger partial charge in [-0.25, -0.2) is 8.42 Å². The van der Waals surface area contributed by atoms with Crippen LogP contribution in [0.15, 0.2) is 42.5 Å². The summed E-state index contributed by atoms with van der Waals surface area (Å²) in [6, 6.07) is 10.4. The first kappa shape index (κ1) is 20.3. The average molecular weight is 425 g/mol. The Kier molecular flexibility index (Phi) is 6.00. The Bertz CT molecular complexity index is 963. The highest BCUT2D eigenvalue weighted by Crippen LogP contribution is 2.33. The third kappa shape index (κ3) is 4.51. The molecule has 0 bridgehead atoms. The molecule has 9 heteroatoms. The van der Waals surface area contributed by atoms with Crippen LogP contribution in [-0.2, 0) is 14.8 Å². The normalized spacial score (nSPS) is 14.2. The zero-order chi connectivity index (χ0) is 20.3. The molecule has 0 unspecified atom stereocenters. The topological polar surface area (TPSA) is 84.9 Å². The number of carbonyl (C=O) groups excluding carboxylic acids is 1. The smallest absolute Gasteiger partial charge is 0.248 e. The fourth-order valence-electron chi connectivity index (χ4n) is 2.99. The van der Waals surface area contributed by atoms with Gasteiger partial charge in [0.25, 0.3) is 0 Å². The predicted octanol–water partition coefficient (Wildman–Crippen LogP) is 3.29. The van der Waals surface area contributed by atoms with E-state index in [0.717, 1.165) is 10.6 Å². The second-order valence-electron chi connectivity index (χ2n) is 6.31. The zero-order valence-electron chi connectivity index (χ0n) is 15.5. The van der Waals surface area contributed by atoms with Crippen molar-refractivity contribution in [1.82, 2.24) is 0 Å². The van der Waals surface area contributed by atoms with Gasteiger partial charge in [0.2, 0.25) is 15.9 Å². The molecule has 1 aliphatic rings. The molecule has 150 valence electrons. The van der Waals surface area contributed by atoms with Gasteiger partial charge in [0.15, 0.2) is 11.5 Å². The van der Waals surface area contributed by atoms with E-state index in [4.69, 9.17) is 21.1 Å². The largest absolute Gasteiger partial charge is 0.486 e. The highest BCUT2D eigenvalue weighted by molar-refractivity contribution is 7.92. The summed E-state index contributed by atoms with van der Waals surface area (Å²) in [5, 5.41) is 3.25. The van der Waals surface area contributed by atoms with Crippen LogP contribution >= 0.6 is 11.6 Å². The van der Waals surface area contributed by atoms with Gasteiger partial charge in [-0.3, -0.25) is 9.10 Å². The summed E-state index contributed by atoms with van der Waals surface area (Å²) >= 11 is 5.90. The lowest BCUT2D eigenvalue weighted by molar-refractivity contribution is -0.117. The van der Waals surface area contributed by atoms with Gasteiger partial charge in [-0.1, -0.05) is 18.5 Å². The molecule has 0 spiro atoms. The third-order valence-corrected chi connectivity index (χ3v) is 5.65. The maximum atomic E-state index is 12.9. The number of halogens is 1. The van der Waals surface area contributed by atoms with E-state index in [1.54, 1.807) is 49.4 Å². The van der Waals surface area contributed by atoms with E-state index < -0.39 is 22.0 Å². The third-order valence-electron chi connectivity index (χ3n) is 4.22. The second-order valence-corrected chi connectivity index (χ2v) is 8.60. The van der Waals surface area contributed by atoms with Gasteiger partial charge in [-0.05, 0) is 42.8 Å². The minimum absolute atomic E-state index is 0.284. The van der Waals surface area contributed by atoms with Crippen molar-refractivity contribution in [3.8, 4) is 11.5 Å². The van der Waals surface area contributed by atoms with E-state index in [1.807, 2.05) is 0 Å². The first-order chi connectivity index (χ1) is 13.3. The number of sulfonamides is 1. The molecule has 1 aliphatic heterocycles. The number of fused-ring (bicyclic) bond motifs is 1. The molecule has 0 saturated carbocycles. The standard InChI is InChI=1S/C19H21ClN2O5S/c1-3-16(22(28(2,24)25)15-7-4-13(20)5-8-15)19(23)21-14-6-9-17-18(12-14)27-11-10-26-17/h4-9,12,16H,3,10-11H2,1-2H3,(H,21,23)/t16-/m0/s1. The van der Waals surface area contributed by atoms with Crippen molar-refractivity contribution in [1.29, 1.82) is 0 Å². The number of hydrogen-bond acceptors (Lipinski definition) is 5. The number of amides is 1. The summed E-state index contributed by atoms with van der Waals surface area (Å²) in [5.74, 6) is 0.699. The van der Waals surface area contributed by atoms with Gasteiger partial charge in [0.05, 0.1) is 11.9 Å². The number of carbonyl (C=O) groups is 1. The van der Waals surface area contributed by atoms with Crippen LogP contribution in [0.1, 0.15) is 13.3 Å². The number of hydrogen-bond donors (Lipinski definition) is 1. The minimum atomic E-state index is -3.71. The molecule has 0 aliphatic carbocycles. The number of ether oxygens (including phenoxy) is 2. The van der Waals surface area contributed by atoms with Crippen LogP contribution in [0.3, 0.4) is 0 Å². The van der Waals surface area contributed by atoms with E-state index in [9.17, 15) is 13.2 Å². The van der Waals surface area contributed by atoms with Crippen LogP contribution in [0.5, 0.6) is 11.5 Å². The molecule has 1 N–H and O–H groups in total. The molecule has 28 heavy (non-hydrogen) atoms. The van der Waals surface area contributed by atoms with Crippen LogP contribution in [-0.4, -0.2) is 39.8 Å². The Morgan fingerprint density at radius 1 is 1.14 bits per heavy atom. The fraction of sp³-hybridized carbons (Fsp3) is 0.316. The molecule has 0 fully saturated rings. The number of nitrogens with zero attached hydrogens (tertiary/aromatic N) is 1. The second kappa shape index (κ2) is 8.28. The van der Waals surface area contributed by atoms with Crippen molar-refractivity contribution in [3.05, 3.63) is 47.5 Å². The van der Waals surface area contributed by atoms with Crippen LogP contribution in [0.25, 0.3) is 0 Å². The van der Waals surface area contributed by atoms with Crippen molar-refractivity contribution in [2.45, 2.75) is 19.4 Å². The Hall–Kier alpha value is -2.45. The quantitative estimate of drug-likeness (QED) is 0.769. The van der Waals surface area contributed by atoms with Crippen molar-refractivity contribution < 1.29 is 22.7 Å². The number of nitrogens with one attached hydrogen (secondary N) is 1. The summed E-state index contributed by atoms with van der Waals surface area (Å²) in [6.45, 7) is 2.66. The highest BCUT2D eigenvalue weighted by Gasteiger charge is 2.31. The van der Waals surface area contributed by atoms with Crippen LogP contribution in [0.2, 0.25) is 5.02 Å². The molecule has 0 aromatic heterocycles. The van der Waals surface area contributed by atoms with Gasteiger partial charge in [-0.15, -0.1) is 0 Å². The number of anilines is 2. The van der Waals surface area contributed by atoms with Gasteiger partial charge < -0.3 is 14.8 Å². The summed E-state index contributed by atoms with van der Waals surface area (Å²) in [6.07, 6.45) is 1.35. The summed E-state index contributed by atoms with van der Waals surface area (Å²) in [7, 11) is -3.71. The summed E-state index contributed by atoms with van der Waals surface area (Å²) in [4.78, 5) is 12.9. The zero-order valence-corrected chi connectivity index (χ0v) is 17.1. The van der Waals surface area contributed by atoms with Crippen LogP contribution in [0, 0.1) is 0 Å². The Morgan fingerprint density at radius 3 is 2.39 bits per heavy atom. The van der Waals surface area contributed by atoms with E-state index in [1.165, 1.54) is 0 Å². The monoisotopic (exact) mass is 424 g/mol. The molecule has 2 aromatic carbocycles. The van der Waals surface area contributed by atoms with Gasteiger partial charge in [-0.2, -0.15) is 0 Å². The predicted molar refractivity (Wildman–Crippen MR) is 109 cm³/mol. The number of rotatable bonds is 6. The summed E-state index contributed by atoms with van der Waals surface area (Å²) in [5.41, 5.74) is 0.869. The van der Waals surface area contributed by atoms with E-state index >= 15 is 0 Å². The lowest BCUT2D eigenvalue weighted by Gasteiger charge is -2.30. The molecule has 2 aromatic rings. The molecule has 3 rings (SSSR count). The maximum absolute atomic E-state index is 12.9. The number of benzene rings is 2. The first-order valence-electron chi connectivity index (χ1n) is 8.75. The van der Waals surface area contributed by atoms with E-state index in [2.05, 4.69) is 5.32 Å². The Balaban J connectivity index is 1.87. The summed E-state index contributed by atoms with van der Waals surface area (Å²) < 4.78 is 37.0. The van der Waals surface area contributed by atoms with E-state index in [0.29, 0.717) is 41.1 Å². The lowest BCUT2D eigenvalue weighted by atomic mass is 10.1.